The highest BCUT2D eigenvalue weighted by molar-refractivity contribution is 7.91. The smallest absolute Gasteiger partial charge is 0.307 e. The molecule has 0 radical (unpaired) electrons. The van der Waals surface area contributed by atoms with E-state index in [1.54, 1.807) is 19.1 Å². The molecule has 2 aromatic carbocycles. The van der Waals surface area contributed by atoms with Crippen LogP contribution in [0.15, 0.2) is 47.4 Å². The zero-order valence-corrected chi connectivity index (χ0v) is 16.1. The van der Waals surface area contributed by atoms with Crippen LogP contribution in [0.3, 0.4) is 0 Å². The Balaban J connectivity index is 1.86. The van der Waals surface area contributed by atoms with Gasteiger partial charge in [-0.1, -0.05) is 17.7 Å². The van der Waals surface area contributed by atoms with Crippen molar-refractivity contribution >= 4 is 33.1 Å². The fourth-order valence-corrected chi connectivity index (χ4v) is 3.43. The van der Waals surface area contributed by atoms with E-state index in [9.17, 15) is 32.5 Å². The number of esters is 1. The first kappa shape index (κ1) is 22.0. The molecule has 0 heterocycles. The first-order valence-corrected chi connectivity index (χ1v) is 9.92. The molecule has 154 valence electrons. The van der Waals surface area contributed by atoms with Crippen LogP contribution in [-0.4, -0.2) is 37.6 Å². The molecule has 0 aliphatic heterocycles. The van der Waals surface area contributed by atoms with Crippen LogP contribution in [-0.2, 0) is 24.2 Å². The maximum atomic E-state index is 13.6. The quantitative estimate of drug-likeness (QED) is 0.391. The number of nitrogens with one attached hydrogen (secondary N) is 1. The van der Waals surface area contributed by atoms with E-state index in [0.29, 0.717) is 0 Å². The maximum Gasteiger partial charge on any atom is 0.307 e. The first-order chi connectivity index (χ1) is 13.6. The lowest BCUT2D eigenvalue weighted by Crippen LogP contribution is -2.22. The standard InChI is InChI=1S/C18H17FN2O7S/c1-12-2-5-14(6-3-12)29(26,27)9-8-18(23)28-11-17(22)20-16-10-13(21(24)25)4-7-15(16)19/h2-7,10H,8-9,11H2,1H3,(H,20,22). The zero-order chi connectivity index (χ0) is 21.6. The third-order valence-corrected chi connectivity index (χ3v) is 5.49. The molecule has 0 spiro atoms. The number of halogens is 1. The number of amides is 1. The van der Waals surface area contributed by atoms with E-state index in [1.807, 2.05) is 0 Å². The number of ether oxygens (including phenoxy) is 1. The second kappa shape index (κ2) is 9.24. The van der Waals surface area contributed by atoms with Crippen molar-refractivity contribution in [1.82, 2.24) is 0 Å². The van der Waals surface area contributed by atoms with Crippen molar-refractivity contribution in [2.75, 3.05) is 17.7 Å². The van der Waals surface area contributed by atoms with Gasteiger partial charge in [0.15, 0.2) is 16.4 Å². The maximum absolute atomic E-state index is 13.6. The summed E-state index contributed by atoms with van der Waals surface area (Å²) in [5, 5.41) is 12.7. The normalized spacial score (nSPS) is 11.0. The minimum absolute atomic E-state index is 0.0646. The summed E-state index contributed by atoms with van der Waals surface area (Å²) in [6.07, 6.45) is -0.478. The molecule has 0 saturated carbocycles. The average Bonchev–Trinajstić information content (AvgIpc) is 2.66. The van der Waals surface area contributed by atoms with Crippen molar-refractivity contribution in [2.24, 2.45) is 0 Å². The van der Waals surface area contributed by atoms with Gasteiger partial charge in [-0.3, -0.25) is 19.7 Å². The molecule has 0 atom stereocenters. The Bertz CT molecular complexity index is 1040. The summed E-state index contributed by atoms with van der Waals surface area (Å²) in [6, 6.07) is 8.68. The van der Waals surface area contributed by atoms with Crippen LogP contribution in [0.1, 0.15) is 12.0 Å². The zero-order valence-electron chi connectivity index (χ0n) is 15.3. The highest BCUT2D eigenvalue weighted by Gasteiger charge is 2.18. The largest absolute Gasteiger partial charge is 0.456 e. The molecule has 0 aromatic heterocycles. The SMILES string of the molecule is Cc1ccc(S(=O)(=O)CCC(=O)OCC(=O)Nc2cc([N+](=O)[O-])ccc2F)cc1. The van der Waals surface area contributed by atoms with Crippen LogP contribution >= 0.6 is 0 Å². The Morgan fingerprint density at radius 1 is 1.17 bits per heavy atom. The molecule has 9 nitrogen and oxygen atoms in total. The number of sulfone groups is 1. The van der Waals surface area contributed by atoms with Gasteiger partial charge in [0.2, 0.25) is 0 Å². The number of benzene rings is 2. The lowest BCUT2D eigenvalue weighted by molar-refractivity contribution is -0.384. The topological polar surface area (TPSA) is 133 Å². The fourth-order valence-electron chi connectivity index (χ4n) is 2.21. The van der Waals surface area contributed by atoms with Gasteiger partial charge in [-0.05, 0) is 25.1 Å². The number of nitrogens with zero attached hydrogens (tertiary/aromatic N) is 1. The van der Waals surface area contributed by atoms with E-state index in [0.717, 1.165) is 23.8 Å². The predicted octanol–water partition coefficient (Wildman–Crippen LogP) is 2.39. The molecule has 11 heteroatoms. The number of non-ortho nitro benzene ring substituents is 1. The molecule has 2 aromatic rings. The summed E-state index contributed by atoms with van der Waals surface area (Å²) < 4.78 is 42.6. The van der Waals surface area contributed by atoms with Gasteiger partial charge in [0, 0.05) is 12.1 Å². The number of aryl methyl sites for hydroxylation is 1. The highest BCUT2D eigenvalue weighted by atomic mass is 32.2. The van der Waals surface area contributed by atoms with Crippen LogP contribution in [0, 0.1) is 22.9 Å². The number of carbonyl (C=O) groups excluding carboxylic acids is 2. The third kappa shape index (κ3) is 6.35. The number of carbonyl (C=O) groups is 2. The van der Waals surface area contributed by atoms with E-state index < -0.39 is 62.6 Å². The molecule has 0 aliphatic carbocycles. The molecule has 0 aliphatic rings. The van der Waals surface area contributed by atoms with Crippen LogP contribution < -0.4 is 5.32 Å². The molecule has 1 N–H and O–H groups in total. The van der Waals surface area contributed by atoms with Gasteiger partial charge in [-0.15, -0.1) is 0 Å². The number of rotatable bonds is 8. The van der Waals surface area contributed by atoms with Gasteiger partial charge in [0.1, 0.15) is 5.82 Å². The number of anilines is 1. The lowest BCUT2D eigenvalue weighted by Gasteiger charge is -2.08. The van der Waals surface area contributed by atoms with E-state index in [1.165, 1.54) is 12.1 Å². The van der Waals surface area contributed by atoms with Crippen LogP contribution in [0.25, 0.3) is 0 Å². The van der Waals surface area contributed by atoms with E-state index in [2.05, 4.69) is 10.1 Å². The van der Waals surface area contributed by atoms with Crippen LogP contribution in [0.5, 0.6) is 0 Å². The minimum atomic E-state index is -3.69. The van der Waals surface area contributed by atoms with Crippen molar-refractivity contribution in [3.63, 3.8) is 0 Å². The molecule has 0 bridgehead atoms. The molecule has 0 unspecified atom stereocenters. The van der Waals surface area contributed by atoms with Crippen LogP contribution in [0.2, 0.25) is 0 Å². The molecule has 2 rings (SSSR count). The molecular formula is C18H17FN2O7S. The van der Waals surface area contributed by atoms with Gasteiger partial charge in [-0.25, -0.2) is 12.8 Å². The number of hydrogen-bond acceptors (Lipinski definition) is 7. The molecule has 29 heavy (non-hydrogen) atoms. The van der Waals surface area contributed by atoms with Crippen molar-refractivity contribution in [2.45, 2.75) is 18.2 Å². The van der Waals surface area contributed by atoms with Crippen molar-refractivity contribution in [1.29, 1.82) is 0 Å². The first-order valence-electron chi connectivity index (χ1n) is 8.27. The second-order valence-electron chi connectivity index (χ2n) is 6.01. The van der Waals surface area contributed by atoms with Crippen molar-refractivity contribution < 1.29 is 32.1 Å². The lowest BCUT2D eigenvalue weighted by atomic mass is 10.2. The summed E-state index contributed by atoms with van der Waals surface area (Å²) in [7, 11) is -3.69. The Morgan fingerprint density at radius 3 is 2.45 bits per heavy atom. The number of nitro benzene ring substituents is 1. The highest BCUT2D eigenvalue weighted by Crippen LogP contribution is 2.21. The monoisotopic (exact) mass is 424 g/mol. The summed E-state index contributed by atoms with van der Waals surface area (Å²) in [5.74, 6) is -3.27. The van der Waals surface area contributed by atoms with Gasteiger partial charge in [-0.2, -0.15) is 0 Å². The fraction of sp³-hybridized carbons (Fsp3) is 0.222. The summed E-state index contributed by atoms with van der Waals surface area (Å²) in [4.78, 5) is 33.5. The summed E-state index contributed by atoms with van der Waals surface area (Å²) >= 11 is 0. The van der Waals surface area contributed by atoms with E-state index in [-0.39, 0.29) is 4.90 Å². The Labute approximate surface area is 165 Å². The van der Waals surface area contributed by atoms with Gasteiger partial charge < -0.3 is 10.1 Å². The average molecular weight is 424 g/mol. The van der Waals surface area contributed by atoms with Gasteiger partial charge >= 0.3 is 5.97 Å². The third-order valence-electron chi connectivity index (χ3n) is 3.75. The molecule has 0 fully saturated rings. The number of nitro groups is 1. The molecule has 1 amide bonds. The predicted molar refractivity (Wildman–Crippen MR) is 100 cm³/mol. The van der Waals surface area contributed by atoms with E-state index in [4.69, 9.17) is 0 Å². The number of hydrogen-bond donors (Lipinski definition) is 1. The molecule has 0 saturated heterocycles. The second-order valence-corrected chi connectivity index (χ2v) is 8.12. The molecular weight excluding hydrogens is 407 g/mol. The van der Waals surface area contributed by atoms with Gasteiger partial charge in [0.25, 0.3) is 11.6 Å². The summed E-state index contributed by atoms with van der Waals surface area (Å²) in [6.45, 7) is 1.00. The van der Waals surface area contributed by atoms with Crippen molar-refractivity contribution in [3.8, 4) is 0 Å². The van der Waals surface area contributed by atoms with E-state index >= 15 is 0 Å². The van der Waals surface area contributed by atoms with Crippen molar-refractivity contribution in [3.05, 3.63) is 64.0 Å². The van der Waals surface area contributed by atoms with Gasteiger partial charge in [0.05, 0.1) is 27.7 Å². The Kier molecular flexibility index (Phi) is 6.99. The Hall–Kier alpha value is -3.34. The Morgan fingerprint density at radius 2 is 1.83 bits per heavy atom. The van der Waals surface area contributed by atoms with Crippen LogP contribution in [0.4, 0.5) is 15.8 Å². The summed E-state index contributed by atoms with van der Waals surface area (Å²) in [5.41, 5.74) is 0.0109. The minimum Gasteiger partial charge on any atom is -0.456 e.